The van der Waals surface area contributed by atoms with E-state index in [9.17, 15) is 14.7 Å². The third kappa shape index (κ3) is 3.96. The normalized spacial score (nSPS) is 14.7. The van der Waals surface area contributed by atoms with Gasteiger partial charge in [0.1, 0.15) is 17.1 Å². The van der Waals surface area contributed by atoms with Crippen molar-refractivity contribution in [3.63, 3.8) is 0 Å². The molecule has 38 heavy (non-hydrogen) atoms. The topological polar surface area (TPSA) is 86.9 Å². The summed E-state index contributed by atoms with van der Waals surface area (Å²) < 4.78 is 1.73. The van der Waals surface area contributed by atoms with Gasteiger partial charge in [0, 0.05) is 42.0 Å². The lowest BCUT2D eigenvalue weighted by atomic mass is 9.91. The molecule has 1 aliphatic rings. The molecule has 0 saturated heterocycles. The fraction of sp³-hybridized carbons (Fsp3) is 0.167. The summed E-state index contributed by atoms with van der Waals surface area (Å²) in [6.07, 6.45) is 3.40. The van der Waals surface area contributed by atoms with Gasteiger partial charge in [0.2, 0.25) is 0 Å². The molecule has 2 aromatic heterocycles. The van der Waals surface area contributed by atoms with E-state index in [4.69, 9.17) is 11.6 Å². The standard InChI is InChI=1S/C30H25ClN4O3/c1-17-4-3-5-23-18(2)12-25-28(27(17)23)20(13-31)14-35(25)30(38)24-16-34-15-21(8-11-26(34)33-24)32-29(37)19-6-9-22(36)10-7-19/h3-12,15-16,20,36H,13-14H2,1-2H3,(H,32,37)/t20-/m1/s1. The number of halogens is 1. The van der Waals surface area contributed by atoms with Crippen molar-refractivity contribution in [1.82, 2.24) is 9.38 Å². The van der Waals surface area contributed by atoms with Crippen LogP contribution >= 0.6 is 11.6 Å². The molecule has 2 amide bonds. The Bertz CT molecular complexity index is 1740. The first-order chi connectivity index (χ1) is 18.3. The highest BCUT2D eigenvalue weighted by atomic mass is 35.5. The van der Waals surface area contributed by atoms with Crippen LogP contribution in [0.15, 0.2) is 73.1 Å². The molecule has 0 spiro atoms. The number of carbonyl (C=O) groups is 2. The Hall–Kier alpha value is -4.36. The average Bonchev–Trinajstić information content (AvgIpc) is 3.50. The molecule has 6 rings (SSSR count). The minimum atomic E-state index is -0.306. The fourth-order valence-electron chi connectivity index (χ4n) is 5.33. The van der Waals surface area contributed by atoms with Gasteiger partial charge in [-0.05, 0) is 83.8 Å². The maximum atomic E-state index is 13.8. The molecule has 0 unspecified atom stereocenters. The SMILES string of the molecule is Cc1cc2c(c3c(C)cccc13)[C@H](CCl)CN2C(=O)c1cn2cc(NC(=O)c3ccc(O)cc3)ccc2n1. The Kier molecular flexibility index (Phi) is 5.80. The fourth-order valence-corrected chi connectivity index (χ4v) is 5.58. The van der Waals surface area contributed by atoms with E-state index in [-0.39, 0.29) is 23.5 Å². The van der Waals surface area contributed by atoms with E-state index in [2.05, 4.69) is 48.4 Å². The van der Waals surface area contributed by atoms with Crippen molar-refractivity contribution in [2.75, 3.05) is 22.6 Å². The Morgan fingerprint density at radius 1 is 1.05 bits per heavy atom. The second-order valence-corrected chi connectivity index (χ2v) is 10.0. The summed E-state index contributed by atoms with van der Waals surface area (Å²) in [7, 11) is 0. The van der Waals surface area contributed by atoms with Crippen molar-refractivity contribution in [2.45, 2.75) is 19.8 Å². The van der Waals surface area contributed by atoms with Gasteiger partial charge < -0.3 is 19.7 Å². The van der Waals surface area contributed by atoms with Gasteiger partial charge in [-0.25, -0.2) is 4.98 Å². The zero-order valence-corrected chi connectivity index (χ0v) is 21.7. The number of phenolic OH excluding ortho intramolecular Hbond substituents is 1. The van der Waals surface area contributed by atoms with Gasteiger partial charge in [-0.1, -0.05) is 18.2 Å². The van der Waals surface area contributed by atoms with Crippen LogP contribution in [0, 0.1) is 13.8 Å². The van der Waals surface area contributed by atoms with E-state index in [1.165, 1.54) is 28.5 Å². The number of pyridine rings is 1. The van der Waals surface area contributed by atoms with Crippen LogP contribution in [-0.4, -0.2) is 38.7 Å². The van der Waals surface area contributed by atoms with Crippen molar-refractivity contribution < 1.29 is 14.7 Å². The minimum absolute atomic E-state index is 0.0264. The number of imidazole rings is 1. The lowest BCUT2D eigenvalue weighted by Gasteiger charge is -2.18. The number of aryl methyl sites for hydroxylation is 2. The third-order valence-corrected chi connectivity index (χ3v) is 7.56. The Balaban J connectivity index is 1.33. The van der Waals surface area contributed by atoms with Crippen LogP contribution in [0.25, 0.3) is 16.4 Å². The third-order valence-electron chi connectivity index (χ3n) is 7.19. The molecule has 7 nitrogen and oxygen atoms in total. The summed E-state index contributed by atoms with van der Waals surface area (Å²) in [5.74, 6) is 0.0380. The van der Waals surface area contributed by atoms with E-state index >= 15 is 0 Å². The summed E-state index contributed by atoms with van der Waals surface area (Å²) in [4.78, 5) is 32.7. The number of nitrogens with one attached hydrogen (secondary N) is 1. The van der Waals surface area contributed by atoms with Gasteiger partial charge in [-0.15, -0.1) is 11.6 Å². The summed E-state index contributed by atoms with van der Waals surface area (Å²) in [6, 6.07) is 17.9. The minimum Gasteiger partial charge on any atom is -0.508 e. The lowest BCUT2D eigenvalue weighted by Crippen LogP contribution is -2.30. The molecular formula is C30H25ClN4O3. The van der Waals surface area contributed by atoms with E-state index in [1.807, 2.05) is 0 Å². The number of nitrogens with zero attached hydrogens (tertiary/aromatic N) is 3. The van der Waals surface area contributed by atoms with Crippen LogP contribution in [0.4, 0.5) is 11.4 Å². The van der Waals surface area contributed by atoms with E-state index in [0.717, 1.165) is 16.8 Å². The average molecular weight is 525 g/mol. The van der Waals surface area contributed by atoms with E-state index < -0.39 is 0 Å². The van der Waals surface area contributed by atoms with Crippen molar-refractivity contribution >= 4 is 51.2 Å². The van der Waals surface area contributed by atoms with Crippen molar-refractivity contribution in [3.8, 4) is 5.75 Å². The molecule has 190 valence electrons. The highest BCUT2D eigenvalue weighted by molar-refractivity contribution is 6.19. The molecule has 5 aromatic rings. The van der Waals surface area contributed by atoms with Crippen molar-refractivity contribution in [2.24, 2.45) is 0 Å². The van der Waals surface area contributed by atoms with Gasteiger partial charge in [-0.2, -0.15) is 0 Å². The molecule has 3 heterocycles. The van der Waals surface area contributed by atoms with Crippen LogP contribution in [0.3, 0.4) is 0 Å². The molecule has 0 aliphatic carbocycles. The number of alkyl halides is 1. The Morgan fingerprint density at radius 3 is 2.61 bits per heavy atom. The molecule has 8 heteroatoms. The zero-order valence-electron chi connectivity index (χ0n) is 20.9. The van der Waals surface area contributed by atoms with Crippen LogP contribution in [0.1, 0.15) is 43.5 Å². The molecule has 1 atom stereocenters. The lowest BCUT2D eigenvalue weighted by molar-refractivity contribution is 0.0982. The molecule has 1 aliphatic heterocycles. The van der Waals surface area contributed by atoms with Gasteiger partial charge in [0.25, 0.3) is 11.8 Å². The number of aromatic nitrogens is 2. The van der Waals surface area contributed by atoms with Crippen LogP contribution < -0.4 is 10.2 Å². The predicted molar refractivity (Wildman–Crippen MR) is 150 cm³/mol. The number of hydrogen-bond donors (Lipinski definition) is 2. The van der Waals surface area contributed by atoms with Crippen LogP contribution in [-0.2, 0) is 0 Å². The van der Waals surface area contributed by atoms with Gasteiger partial charge in [0.05, 0.1) is 5.69 Å². The van der Waals surface area contributed by atoms with E-state index in [0.29, 0.717) is 35.0 Å². The Morgan fingerprint density at radius 2 is 1.84 bits per heavy atom. The predicted octanol–water partition coefficient (Wildman–Crippen LogP) is 6.05. The van der Waals surface area contributed by atoms with E-state index in [1.54, 1.807) is 46.0 Å². The largest absolute Gasteiger partial charge is 0.508 e. The maximum absolute atomic E-state index is 13.8. The summed E-state index contributed by atoms with van der Waals surface area (Å²) in [5.41, 5.74) is 6.17. The second-order valence-electron chi connectivity index (χ2n) is 9.70. The van der Waals surface area contributed by atoms with Crippen molar-refractivity contribution in [1.29, 1.82) is 0 Å². The molecule has 0 fully saturated rings. The quantitative estimate of drug-likeness (QED) is 0.280. The number of amides is 2. The number of benzene rings is 3. The molecule has 0 bridgehead atoms. The monoisotopic (exact) mass is 524 g/mol. The molecular weight excluding hydrogens is 500 g/mol. The number of carbonyl (C=O) groups excluding carboxylic acids is 2. The molecule has 2 N–H and O–H groups in total. The number of hydrogen-bond acceptors (Lipinski definition) is 4. The highest BCUT2D eigenvalue weighted by Crippen LogP contribution is 2.44. The van der Waals surface area contributed by atoms with Crippen LogP contribution in [0.2, 0.25) is 0 Å². The number of phenols is 1. The molecule has 3 aromatic carbocycles. The van der Waals surface area contributed by atoms with Gasteiger partial charge in [0.15, 0.2) is 0 Å². The zero-order chi connectivity index (χ0) is 26.6. The summed E-state index contributed by atoms with van der Waals surface area (Å²) >= 11 is 6.41. The maximum Gasteiger partial charge on any atom is 0.278 e. The summed E-state index contributed by atoms with van der Waals surface area (Å²) in [6.45, 7) is 4.65. The van der Waals surface area contributed by atoms with Gasteiger partial charge in [-0.3, -0.25) is 9.59 Å². The molecule has 0 saturated carbocycles. The first-order valence-electron chi connectivity index (χ1n) is 12.3. The molecule has 0 radical (unpaired) electrons. The number of rotatable bonds is 4. The smallest absolute Gasteiger partial charge is 0.278 e. The van der Waals surface area contributed by atoms with Gasteiger partial charge >= 0.3 is 0 Å². The second kappa shape index (κ2) is 9.19. The highest BCUT2D eigenvalue weighted by Gasteiger charge is 2.35. The first-order valence-corrected chi connectivity index (χ1v) is 12.9. The van der Waals surface area contributed by atoms with Crippen LogP contribution in [0.5, 0.6) is 5.75 Å². The number of fused-ring (bicyclic) bond motifs is 4. The number of anilines is 2. The first kappa shape index (κ1) is 24.0. The Labute approximate surface area is 224 Å². The summed E-state index contributed by atoms with van der Waals surface area (Å²) in [5, 5.41) is 14.6. The number of aromatic hydroxyl groups is 1. The van der Waals surface area contributed by atoms with Crippen molar-refractivity contribution in [3.05, 3.63) is 101 Å².